The number of rotatable bonds is 6. The standard InChI is InChI=1S/C26H41BrN2O3S/c1-9-29(10-2)23(30)26(28-33(31)24(5,6)7)21-13-20(27)12-11-19(21)16-25(26)14-17(3)22(32-8)18(4)15-25/h11-13,17-18,22,28H,9-10,14-16H2,1-8H3/t17-,18+,22+,25+,26-,33+/m1/s1. The van der Waals surface area contributed by atoms with Crippen LogP contribution in [0.5, 0.6) is 0 Å². The van der Waals surface area contributed by atoms with E-state index in [0.717, 1.165) is 29.3 Å². The van der Waals surface area contributed by atoms with E-state index in [1.807, 2.05) is 39.5 Å². The van der Waals surface area contributed by atoms with Gasteiger partial charge in [0.25, 0.3) is 5.91 Å². The summed E-state index contributed by atoms with van der Waals surface area (Å²) in [5.41, 5.74) is 0.705. The molecule has 2 aliphatic carbocycles. The van der Waals surface area contributed by atoms with Crippen molar-refractivity contribution in [1.82, 2.24) is 9.62 Å². The molecule has 2 aliphatic rings. The average Bonchev–Trinajstić information content (AvgIpc) is 2.96. The Morgan fingerprint density at radius 3 is 2.30 bits per heavy atom. The fourth-order valence-electron chi connectivity index (χ4n) is 6.45. The fourth-order valence-corrected chi connectivity index (χ4v) is 7.81. The number of likely N-dealkylation sites (N-methyl/N-ethyl adjacent to an activating group) is 1. The maximum Gasteiger partial charge on any atom is 0.252 e. The van der Waals surface area contributed by atoms with Crippen LogP contribution in [0.25, 0.3) is 0 Å². The molecule has 1 saturated carbocycles. The highest BCUT2D eigenvalue weighted by atomic mass is 79.9. The topological polar surface area (TPSA) is 64.6 Å². The number of benzene rings is 1. The summed E-state index contributed by atoms with van der Waals surface area (Å²) in [6.07, 6.45) is 2.62. The first kappa shape index (κ1) is 27.0. The first-order chi connectivity index (χ1) is 15.4. The molecule has 0 aromatic heterocycles. The molecule has 1 spiro atoms. The lowest BCUT2D eigenvalue weighted by Gasteiger charge is -2.53. The second-order valence-corrected chi connectivity index (χ2v) is 13.9. The molecular formula is C26H41BrN2O3S. The minimum absolute atomic E-state index is 0.0391. The van der Waals surface area contributed by atoms with Crippen LogP contribution in [0.1, 0.15) is 72.4 Å². The first-order valence-corrected chi connectivity index (χ1v) is 14.1. The van der Waals surface area contributed by atoms with Gasteiger partial charge in [-0.25, -0.2) is 0 Å². The first-order valence-electron chi connectivity index (χ1n) is 12.2. The molecular weight excluding hydrogens is 500 g/mol. The Hall–Kier alpha value is -0.600. The SMILES string of the molecule is CCN(CC)C(=O)[C@]1(N[S@@+]([O-])C(C)(C)C)c2cc(Br)ccc2C[C@@]12C[C@@H](C)[C@H](OC)[C@@H](C)C2. The quantitative estimate of drug-likeness (QED) is 0.504. The van der Waals surface area contributed by atoms with E-state index in [0.29, 0.717) is 13.1 Å². The molecule has 0 saturated heterocycles. The number of hydrogen-bond acceptors (Lipinski definition) is 4. The van der Waals surface area contributed by atoms with Crippen molar-refractivity contribution in [3.63, 3.8) is 0 Å². The molecule has 3 rings (SSSR count). The number of hydrogen-bond donors (Lipinski definition) is 1. The zero-order valence-corrected chi connectivity index (χ0v) is 23.9. The van der Waals surface area contributed by atoms with Crippen molar-refractivity contribution in [2.24, 2.45) is 17.3 Å². The highest BCUT2D eigenvalue weighted by Gasteiger charge is 2.67. The summed E-state index contributed by atoms with van der Waals surface area (Å²) in [6.45, 7) is 15.6. The summed E-state index contributed by atoms with van der Waals surface area (Å²) in [7, 11) is 1.79. The number of fused-ring (bicyclic) bond motifs is 1. The molecule has 1 aromatic rings. The van der Waals surface area contributed by atoms with Gasteiger partial charge in [0.05, 0.1) is 6.10 Å². The van der Waals surface area contributed by atoms with Gasteiger partial charge in [0.2, 0.25) is 0 Å². The summed E-state index contributed by atoms with van der Waals surface area (Å²) < 4.78 is 23.6. The number of nitrogens with one attached hydrogen (secondary N) is 1. The number of halogens is 1. The Balaban J connectivity index is 2.30. The van der Waals surface area contributed by atoms with E-state index in [4.69, 9.17) is 4.74 Å². The summed E-state index contributed by atoms with van der Waals surface area (Å²) in [4.78, 5) is 16.5. The van der Waals surface area contributed by atoms with E-state index < -0.39 is 21.6 Å². The fraction of sp³-hybridized carbons (Fsp3) is 0.731. The molecule has 7 heteroatoms. The number of ether oxygens (including phenoxy) is 1. The zero-order valence-electron chi connectivity index (χ0n) is 21.5. The van der Waals surface area contributed by atoms with E-state index >= 15 is 0 Å². The predicted octanol–water partition coefficient (Wildman–Crippen LogP) is 5.19. The van der Waals surface area contributed by atoms with Crippen molar-refractivity contribution in [2.75, 3.05) is 20.2 Å². The van der Waals surface area contributed by atoms with Crippen LogP contribution in [0.2, 0.25) is 0 Å². The van der Waals surface area contributed by atoms with Gasteiger partial charge in [0.1, 0.15) is 4.75 Å². The van der Waals surface area contributed by atoms with Gasteiger partial charge >= 0.3 is 0 Å². The Morgan fingerprint density at radius 1 is 1.24 bits per heavy atom. The molecule has 1 aromatic carbocycles. The van der Waals surface area contributed by atoms with Gasteiger partial charge in [0.15, 0.2) is 5.54 Å². The number of amides is 1. The minimum atomic E-state index is -1.43. The van der Waals surface area contributed by atoms with Crippen molar-refractivity contribution < 1.29 is 14.1 Å². The smallest absolute Gasteiger partial charge is 0.252 e. The predicted molar refractivity (Wildman–Crippen MR) is 139 cm³/mol. The van der Waals surface area contributed by atoms with Gasteiger partial charge in [0, 0.05) is 41.4 Å². The molecule has 33 heavy (non-hydrogen) atoms. The molecule has 1 amide bonds. The van der Waals surface area contributed by atoms with Crippen molar-refractivity contribution in [2.45, 2.75) is 84.1 Å². The molecule has 0 heterocycles. The summed E-state index contributed by atoms with van der Waals surface area (Å²) in [6, 6.07) is 6.27. The summed E-state index contributed by atoms with van der Waals surface area (Å²) in [5.74, 6) is 0.604. The molecule has 0 aliphatic heterocycles. The molecule has 5 nitrogen and oxygen atoms in total. The van der Waals surface area contributed by atoms with Gasteiger partial charge in [-0.05, 0) is 89.0 Å². The Morgan fingerprint density at radius 2 is 1.82 bits per heavy atom. The van der Waals surface area contributed by atoms with E-state index in [2.05, 4.69) is 52.7 Å². The lowest BCUT2D eigenvalue weighted by molar-refractivity contribution is -0.150. The van der Waals surface area contributed by atoms with Gasteiger partial charge in [-0.3, -0.25) is 4.79 Å². The maximum absolute atomic E-state index is 14.6. The summed E-state index contributed by atoms with van der Waals surface area (Å²) >= 11 is 2.22. The average molecular weight is 542 g/mol. The largest absolute Gasteiger partial charge is 0.598 e. The molecule has 0 radical (unpaired) electrons. The number of carbonyl (C=O) groups excluding carboxylic acids is 1. The molecule has 0 unspecified atom stereocenters. The molecule has 186 valence electrons. The van der Waals surface area contributed by atoms with Crippen molar-refractivity contribution in [3.8, 4) is 0 Å². The lowest BCUT2D eigenvalue weighted by Crippen LogP contribution is -2.67. The normalized spacial score (nSPS) is 32.6. The second-order valence-electron chi connectivity index (χ2n) is 11.0. The third-order valence-corrected chi connectivity index (χ3v) is 9.89. The minimum Gasteiger partial charge on any atom is -0.598 e. The van der Waals surface area contributed by atoms with E-state index in [1.54, 1.807) is 7.11 Å². The number of carbonyl (C=O) groups is 1. The highest BCUT2D eigenvalue weighted by Crippen LogP contribution is 2.61. The van der Waals surface area contributed by atoms with Crippen molar-refractivity contribution >= 4 is 33.2 Å². The van der Waals surface area contributed by atoms with E-state index in [-0.39, 0.29) is 29.3 Å². The van der Waals surface area contributed by atoms with E-state index in [1.165, 1.54) is 5.56 Å². The van der Waals surface area contributed by atoms with Crippen LogP contribution in [0.15, 0.2) is 22.7 Å². The third-order valence-electron chi connectivity index (χ3n) is 7.79. The molecule has 1 fully saturated rings. The van der Waals surface area contributed by atoms with Crippen molar-refractivity contribution in [3.05, 3.63) is 33.8 Å². The zero-order chi connectivity index (χ0) is 24.8. The maximum atomic E-state index is 14.6. The molecule has 1 N–H and O–H groups in total. The van der Waals surface area contributed by atoms with Crippen molar-refractivity contribution in [1.29, 1.82) is 0 Å². The summed E-state index contributed by atoms with van der Waals surface area (Å²) in [5, 5.41) is 0. The monoisotopic (exact) mass is 540 g/mol. The van der Waals surface area contributed by atoms with Gasteiger partial charge in [-0.1, -0.05) is 35.8 Å². The highest BCUT2D eigenvalue weighted by molar-refractivity contribution is 9.10. The van der Waals surface area contributed by atoms with Gasteiger partial charge < -0.3 is 14.2 Å². The van der Waals surface area contributed by atoms with Crippen LogP contribution >= 0.6 is 15.9 Å². The van der Waals surface area contributed by atoms with Crippen LogP contribution in [0.4, 0.5) is 0 Å². The molecule has 0 bridgehead atoms. The van der Waals surface area contributed by atoms with Gasteiger partial charge in [-0.15, -0.1) is 4.72 Å². The Bertz CT molecular complexity index is 858. The van der Waals surface area contributed by atoms with Crippen LogP contribution in [0.3, 0.4) is 0 Å². The van der Waals surface area contributed by atoms with E-state index in [9.17, 15) is 9.35 Å². The second kappa shape index (κ2) is 9.81. The number of methoxy groups -OCH3 is 1. The third kappa shape index (κ3) is 4.53. The number of nitrogens with zero attached hydrogens (tertiary/aromatic N) is 1. The van der Waals surface area contributed by atoms with Crippen LogP contribution in [0, 0.1) is 17.3 Å². The van der Waals surface area contributed by atoms with Gasteiger partial charge in [-0.2, -0.15) is 0 Å². The molecule has 6 atom stereocenters. The Kier molecular flexibility index (Phi) is 8.02. The van der Waals surface area contributed by atoms with Crippen LogP contribution in [-0.2, 0) is 32.9 Å². The van der Waals surface area contributed by atoms with Crippen LogP contribution < -0.4 is 4.72 Å². The van der Waals surface area contributed by atoms with Crippen LogP contribution in [-0.4, -0.2) is 46.4 Å². The lowest BCUT2D eigenvalue weighted by atomic mass is 9.56. The Labute approximate surface area is 211 Å².